The van der Waals surface area contributed by atoms with Crippen LogP contribution in [0.25, 0.3) is 11.3 Å². The Labute approximate surface area is 108 Å². The van der Waals surface area contributed by atoms with Gasteiger partial charge in [-0.2, -0.15) is 5.26 Å². The maximum Gasteiger partial charge on any atom is 0.129 e. The van der Waals surface area contributed by atoms with Gasteiger partial charge in [-0.3, -0.25) is 4.98 Å². The number of aliphatic hydroxyl groups excluding tert-OH is 1. The summed E-state index contributed by atoms with van der Waals surface area (Å²) in [6.45, 7) is -0.0997. The van der Waals surface area contributed by atoms with Crippen LogP contribution in [0.1, 0.15) is 16.7 Å². The molecule has 1 aromatic carbocycles. The fourth-order valence-electron chi connectivity index (χ4n) is 2.10. The van der Waals surface area contributed by atoms with Gasteiger partial charge in [-0.25, -0.2) is 4.39 Å². The summed E-state index contributed by atoms with van der Waals surface area (Å²) in [5.41, 5.74) is 2.54. The van der Waals surface area contributed by atoms with Crippen LogP contribution in [-0.2, 0) is 13.2 Å². The molecule has 19 heavy (non-hydrogen) atoms. The van der Waals surface area contributed by atoms with Crippen molar-refractivity contribution < 1.29 is 14.2 Å². The van der Waals surface area contributed by atoms with E-state index in [1.165, 1.54) is 18.3 Å². The second-order valence-electron chi connectivity index (χ2n) is 4.23. The molecular formula is C14H9FN2O2. The lowest BCUT2D eigenvalue weighted by Crippen LogP contribution is -2.09. The summed E-state index contributed by atoms with van der Waals surface area (Å²) in [7, 11) is 0. The van der Waals surface area contributed by atoms with Crippen LogP contribution < -0.4 is 4.74 Å². The highest BCUT2D eigenvalue weighted by molar-refractivity contribution is 5.72. The number of ether oxygens (including phenoxy) is 1. The molecular weight excluding hydrogens is 247 g/mol. The van der Waals surface area contributed by atoms with Crippen LogP contribution in [0.2, 0.25) is 0 Å². The molecule has 0 radical (unpaired) electrons. The summed E-state index contributed by atoms with van der Waals surface area (Å²) in [5, 5.41) is 17.9. The number of hydrogen-bond donors (Lipinski definition) is 1. The first-order chi connectivity index (χ1) is 9.22. The molecule has 0 saturated heterocycles. The van der Waals surface area contributed by atoms with Gasteiger partial charge >= 0.3 is 0 Å². The molecule has 4 nitrogen and oxygen atoms in total. The number of aromatic nitrogens is 1. The minimum atomic E-state index is -0.496. The topological polar surface area (TPSA) is 66.1 Å². The lowest BCUT2D eigenvalue weighted by molar-refractivity contribution is 0.271. The highest BCUT2D eigenvalue weighted by Gasteiger charge is 2.21. The Balaban J connectivity index is 2.19. The predicted molar refractivity (Wildman–Crippen MR) is 64.6 cm³/mol. The van der Waals surface area contributed by atoms with E-state index in [4.69, 9.17) is 15.1 Å². The second kappa shape index (κ2) is 4.34. The Kier molecular flexibility index (Phi) is 2.65. The highest BCUT2D eigenvalue weighted by atomic mass is 19.1. The van der Waals surface area contributed by atoms with Crippen LogP contribution in [0.3, 0.4) is 0 Å². The molecule has 3 rings (SSSR count). The molecule has 2 aromatic rings. The number of nitrogens with zero attached hydrogens (tertiary/aromatic N) is 2. The number of benzene rings is 1. The molecule has 1 aliphatic heterocycles. The Bertz CT molecular complexity index is 707. The van der Waals surface area contributed by atoms with Crippen LogP contribution >= 0.6 is 0 Å². The lowest BCUT2D eigenvalue weighted by atomic mass is 9.99. The molecule has 0 unspecified atom stereocenters. The van der Waals surface area contributed by atoms with Gasteiger partial charge < -0.3 is 9.84 Å². The molecule has 0 aliphatic carbocycles. The van der Waals surface area contributed by atoms with E-state index < -0.39 is 5.82 Å². The molecule has 0 fully saturated rings. The Morgan fingerprint density at radius 3 is 3.00 bits per heavy atom. The van der Waals surface area contributed by atoms with Crippen molar-refractivity contribution in [2.45, 2.75) is 13.2 Å². The quantitative estimate of drug-likeness (QED) is 0.848. The van der Waals surface area contributed by atoms with Crippen LogP contribution in [0.4, 0.5) is 4.39 Å². The zero-order valence-corrected chi connectivity index (χ0v) is 9.85. The minimum absolute atomic E-state index is 0.191. The van der Waals surface area contributed by atoms with Crippen molar-refractivity contribution in [2.75, 3.05) is 0 Å². The zero-order valence-electron chi connectivity index (χ0n) is 9.85. The second-order valence-corrected chi connectivity index (χ2v) is 4.23. The van der Waals surface area contributed by atoms with Gasteiger partial charge in [0.2, 0.25) is 0 Å². The number of fused-ring (bicyclic) bond motifs is 3. The van der Waals surface area contributed by atoms with Gasteiger partial charge in [0.05, 0.1) is 17.9 Å². The summed E-state index contributed by atoms with van der Waals surface area (Å²) in [4.78, 5) is 4.20. The predicted octanol–water partition coefficient (Wildman–Crippen LogP) is 2.14. The third kappa shape index (κ3) is 1.83. The molecule has 0 amide bonds. The maximum absolute atomic E-state index is 13.7. The van der Waals surface area contributed by atoms with E-state index in [9.17, 15) is 4.39 Å². The SMILES string of the molecule is N#Cc1cnc2c(c1)COc1cc(CO)c(F)cc1-2. The van der Waals surface area contributed by atoms with E-state index in [2.05, 4.69) is 4.98 Å². The van der Waals surface area contributed by atoms with E-state index in [1.807, 2.05) is 6.07 Å². The van der Waals surface area contributed by atoms with Crippen LogP contribution in [0, 0.1) is 17.1 Å². The number of rotatable bonds is 1. The van der Waals surface area contributed by atoms with E-state index in [1.54, 1.807) is 6.07 Å². The maximum atomic E-state index is 13.7. The number of halogens is 1. The monoisotopic (exact) mass is 256 g/mol. The van der Waals surface area contributed by atoms with Crippen molar-refractivity contribution in [1.29, 1.82) is 5.26 Å². The van der Waals surface area contributed by atoms with Gasteiger partial charge in [0, 0.05) is 22.9 Å². The van der Waals surface area contributed by atoms with Gasteiger partial charge in [-0.15, -0.1) is 0 Å². The minimum Gasteiger partial charge on any atom is -0.488 e. The first-order valence-electron chi connectivity index (χ1n) is 5.68. The van der Waals surface area contributed by atoms with E-state index in [-0.39, 0.29) is 18.8 Å². The molecule has 94 valence electrons. The van der Waals surface area contributed by atoms with Crippen molar-refractivity contribution in [3.05, 3.63) is 46.9 Å². The smallest absolute Gasteiger partial charge is 0.129 e. The lowest BCUT2D eigenvalue weighted by Gasteiger charge is -2.20. The Morgan fingerprint density at radius 2 is 2.26 bits per heavy atom. The van der Waals surface area contributed by atoms with E-state index in [0.717, 1.165) is 5.56 Å². The zero-order chi connectivity index (χ0) is 13.4. The highest BCUT2D eigenvalue weighted by Crippen LogP contribution is 2.37. The largest absolute Gasteiger partial charge is 0.488 e. The average Bonchev–Trinajstić information content (AvgIpc) is 2.45. The molecule has 2 heterocycles. The van der Waals surface area contributed by atoms with Crippen molar-refractivity contribution >= 4 is 0 Å². The van der Waals surface area contributed by atoms with Gasteiger partial charge in [0.1, 0.15) is 24.2 Å². The normalized spacial score (nSPS) is 12.1. The molecule has 1 aromatic heterocycles. The molecule has 1 N–H and O–H groups in total. The average molecular weight is 256 g/mol. The fourth-order valence-corrected chi connectivity index (χ4v) is 2.10. The van der Waals surface area contributed by atoms with Gasteiger partial charge in [-0.05, 0) is 18.2 Å². The Hall–Kier alpha value is -2.45. The fraction of sp³-hybridized carbons (Fsp3) is 0.143. The van der Waals surface area contributed by atoms with Gasteiger partial charge in [-0.1, -0.05) is 0 Å². The Morgan fingerprint density at radius 1 is 1.42 bits per heavy atom. The summed E-state index contributed by atoms with van der Waals surface area (Å²) < 4.78 is 19.2. The van der Waals surface area contributed by atoms with Crippen molar-refractivity contribution in [3.63, 3.8) is 0 Å². The number of hydrogen-bond acceptors (Lipinski definition) is 4. The van der Waals surface area contributed by atoms with Crippen molar-refractivity contribution in [3.8, 4) is 23.1 Å². The summed E-state index contributed by atoms with van der Waals surface area (Å²) in [5.74, 6) is -0.000910. The third-order valence-corrected chi connectivity index (χ3v) is 3.05. The molecule has 0 spiro atoms. The third-order valence-electron chi connectivity index (χ3n) is 3.05. The van der Waals surface area contributed by atoms with Crippen molar-refractivity contribution in [1.82, 2.24) is 4.98 Å². The summed E-state index contributed by atoms with van der Waals surface area (Å²) >= 11 is 0. The number of pyridine rings is 1. The van der Waals surface area contributed by atoms with Crippen molar-refractivity contribution in [2.24, 2.45) is 0 Å². The number of nitriles is 1. The van der Waals surface area contributed by atoms with E-state index in [0.29, 0.717) is 22.6 Å². The first-order valence-corrected chi connectivity index (χ1v) is 5.68. The summed E-state index contributed by atoms with van der Waals surface area (Å²) in [6, 6.07) is 6.47. The molecule has 0 saturated carbocycles. The first kappa shape index (κ1) is 11.6. The molecule has 1 aliphatic rings. The van der Waals surface area contributed by atoms with Crippen LogP contribution in [-0.4, -0.2) is 10.1 Å². The van der Waals surface area contributed by atoms with Gasteiger partial charge in [0.25, 0.3) is 0 Å². The summed E-state index contributed by atoms with van der Waals surface area (Å²) in [6.07, 6.45) is 1.45. The standard InChI is InChI=1S/C14H9FN2O2/c15-12-3-11-13(2-9(12)6-18)19-7-10-1-8(4-16)5-17-14(10)11/h1-3,5,18H,6-7H2. The molecule has 0 atom stereocenters. The van der Waals surface area contributed by atoms with Gasteiger partial charge in [0.15, 0.2) is 0 Å². The molecule has 5 heteroatoms. The van der Waals surface area contributed by atoms with E-state index >= 15 is 0 Å². The van der Waals surface area contributed by atoms with Crippen LogP contribution in [0.5, 0.6) is 5.75 Å². The van der Waals surface area contributed by atoms with Crippen LogP contribution in [0.15, 0.2) is 24.4 Å². The molecule has 0 bridgehead atoms. The number of aliphatic hydroxyl groups is 1.